The van der Waals surface area contributed by atoms with Crippen molar-refractivity contribution in [2.45, 2.75) is 50.5 Å². The van der Waals surface area contributed by atoms with Gasteiger partial charge in [-0.25, -0.2) is 8.93 Å². The van der Waals surface area contributed by atoms with E-state index in [4.69, 9.17) is 9.31 Å². The Labute approximate surface area is 149 Å². The molecule has 1 aromatic carbocycles. The van der Waals surface area contributed by atoms with E-state index in [9.17, 15) is 17.4 Å². The topological polar surface area (TPSA) is 47.6 Å². The maximum Gasteiger partial charge on any atom is 0.476 e. The van der Waals surface area contributed by atoms with Gasteiger partial charge in [0.15, 0.2) is 0 Å². The van der Waals surface area contributed by atoms with Gasteiger partial charge in [-0.2, -0.15) is 13.2 Å². The van der Waals surface area contributed by atoms with Crippen molar-refractivity contribution in [2.75, 3.05) is 13.2 Å². The highest BCUT2D eigenvalue weighted by Gasteiger charge is 2.36. The second kappa shape index (κ2) is 8.20. The van der Waals surface area contributed by atoms with Crippen LogP contribution in [-0.2, 0) is 32.9 Å². The molecule has 0 radical (unpaired) electrons. The van der Waals surface area contributed by atoms with Crippen molar-refractivity contribution in [1.82, 2.24) is 4.72 Å². The molecule has 1 fully saturated rings. The fraction of sp³-hybridized carbons (Fsp3) is 0.625. The maximum atomic E-state index is 12.6. The fourth-order valence-corrected chi connectivity index (χ4v) is 3.21. The van der Waals surface area contributed by atoms with Gasteiger partial charge in [-0.3, -0.25) is 0 Å². The Morgan fingerprint density at radius 1 is 1.16 bits per heavy atom. The lowest BCUT2D eigenvalue weighted by Gasteiger charge is -2.25. The summed E-state index contributed by atoms with van der Waals surface area (Å²) in [6.07, 6.45) is -3.27. The highest BCUT2D eigenvalue weighted by Crippen LogP contribution is 2.29. The van der Waals surface area contributed by atoms with Gasteiger partial charge >= 0.3 is 13.3 Å². The molecule has 0 saturated carbocycles. The molecule has 0 spiro atoms. The first-order valence-corrected chi connectivity index (χ1v) is 9.30. The molecule has 0 amide bonds. The van der Waals surface area contributed by atoms with Crippen LogP contribution < -0.4 is 4.72 Å². The Bertz CT molecular complexity index is 584. The standard InChI is InChI=1S/C16H23BF3NO3S/c1-15(2,3)25(22)21-14(17-23-10-11-24-17)9-6-12-4-7-13(8-5-12)16(18,19)20/h4-5,7-8,14,21H,6,9-11H2,1-3H3/t14-,25?/m0/s1. The lowest BCUT2D eigenvalue weighted by molar-refractivity contribution is -0.137. The van der Waals surface area contributed by atoms with Gasteiger partial charge in [-0.05, 0) is 51.3 Å². The molecule has 1 N–H and O–H groups in total. The number of rotatable bonds is 6. The second-order valence-electron chi connectivity index (χ2n) is 6.95. The smallest absolute Gasteiger partial charge is 0.408 e. The molecule has 1 aliphatic rings. The number of halogens is 3. The van der Waals surface area contributed by atoms with E-state index in [1.54, 1.807) is 0 Å². The predicted molar refractivity (Wildman–Crippen MR) is 92.2 cm³/mol. The third-order valence-corrected chi connectivity index (χ3v) is 5.45. The van der Waals surface area contributed by atoms with Gasteiger partial charge in [-0.15, -0.1) is 0 Å². The molecular weight excluding hydrogens is 354 g/mol. The number of benzene rings is 1. The Morgan fingerprint density at radius 3 is 2.20 bits per heavy atom. The van der Waals surface area contributed by atoms with Gasteiger partial charge in [0.2, 0.25) is 0 Å². The Morgan fingerprint density at radius 2 is 1.72 bits per heavy atom. The molecular formula is C16H23BF3NO3S. The summed E-state index contributed by atoms with van der Waals surface area (Å²) in [4.78, 5) is 0. The SMILES string of the molecule is CC(C)(C)S(=O)N[C@@H](CCc1ccc(C(F)(F)F)cc1)B1OCCO1. The molecule has 0 aliphatic carbocycles. The second-order valence-corrected chi connectivity index (χ2v) is 8.95. The lowest BCUT2D eigenvalue weighted by atomic mass is 9.76. The van der Waals surface area contributed by atoms with E-state index >= 15 is 0 Å². The summed E-state index contributed by atoms with van der Waals surface area (Å²) in [5, 5.41) is 0. The van der Waals surface area contributed by atoms with Gasteiger partial charge in [0, 0.05) is 0 Å². The number of nitrogens with one attached hydrogen (secondary N) is 1. The van der Waals surface area contributed by atoms with Crippen LogP contribution in [0, 0.1) is 0 Å². The van der Waals surface area contributed by atoms with Crippen molar-refractivity contribution in [3.63, 3.8) is 0 Å². The molecule has 0 bridgehead atoms. The van der Waals surface area contributed by atoms with Gasteiger partial charge < -0.3 is 9.31 Å². The first-order valence-electron chi connectivity index (χ1n) is 8.15. The van der Waals surface area contributed by atoms with Crippen LogP contribution in [0.4, 0.5) is 13.2 Å². The first-order chi connectivity index (χ1) is 11.6. The van der Waals surface area contributed by atoms with Crippen LogP contribution in [0.5, 0.6) is 0 Å². The minimum Gasteiger partial charge on any atom is -0.408 e. The molecule has 1 aromatic rings. The molecule has 2 atom stereocenters. The van der Waals surface area contributed by atoms with E-state index in [0.717, 1.165) is 17.7 Å². The molecule has 140 valence electrons. The van der Waals surface area contributed by atoms with Crippen molar-refractivity contribution < 1.29 is 26.7 Å². The van der Waals surface area contributed by atoms with Gasteiger partial charge in [0.1, 0.15) is 0 Å². The molecule has 1 saturated heterocycles. The van der Waals surface area contributed by atoms with E-state index in [1.165, 1.54) is 12.1 Å². The van der Waals surface area contributed by atoms with Gasteiger partial charge in [0.05, 0.1) is 40.5 Å². The summed E-state index contributed by atoms with van der Waals surface area (Å²) in [5.74, 6) is -0.301. The monoisotopic (exact) mass is 377 g/mol. The van der Waals surface area contributed by atoms with Gasteiger partial charge in [0.25, 0.3) is 0 Å². The highest BCUT2D eigenvalue weighted by atomic mass is 32.2. The van der Waals surface area contributed by atoms with Crippen molar-refractivity contribution in [3.05, 3.63) is 35.4 Å². The molecule has 1 heterocycles. The molecule has 4 nitrogen and oxygen atoms in total. The zero-order valence-electron chi connectivity index (χ0n) is 14.6. The Kier molecular flexibility index (Phi) is 6.70. The zero-order valence-corrected chi connectivity index (χ0v) is 15.4. The van der Waals surface area contributed by atoms with Crippen molar-refractivity contribution in [2.24, 2.45) is 0 Å². The minimum absolute atomic E-state index is 0.301. The average molecular weight is 377 g/mol. The maximum absolute atomic E-state index is 12.6. The van der Waals surface area contributed by atoms with Crippen LogP contribution in [-0.4, -0.2) is 35.2 Å². The van der Waals surface area contributed by atoms with E-state index in [1.807, 2.05) is 20.8 Å². The first kappa shape index (κ1) is 20.4. The largest absolute Gasteiger partial charge is 0.476 e. The predicted octanol–water partition coefficient (Wildman–Crippen LogP) is 3.13. The molecule has 1 aliphatic heterocycles. The van der Waals surface area contributed by atoms with Crippen LogP contribution in [0.25, 0.3) is 0 Å². The van der Waals surface area contributed by atoms with E-state index in [2.05, 4.69) is 4.72 Å². The number of aryl methyl sites for hydroxylation is 1. The molecule has 1 unspecified atom stereocenters. The van der Waals surface area contributed by atoms with E-state index < -0.39 is 34.6 Å². The number of alkyl halides is 3. The van der Waals surface area contributed by atoms with Crippen LogP contribution in [0.3, 0.4) is 0 Å². The Balaban J connectivity index is 2.00. The number of hydrogen-bond acceptors (Lipinski definition) is 3. The molecule has 0 aromatic heterocycles. The summed E-state index contributed by atoms with van der Waals surface area (Å²) >= 11 is 0. The third kappa shape index (κ3) is 6.09. The van der Waals surface area contributed by atoms with Crippen LogP contribution in [0.2, 0.25) is 0 Å². The van der Waals surface area contributed by atoms with Crippen molar-refractivity contribution in [1.29, 1.82) is 0 Å². The van der Waals surface area contributed by atoms with Gasteiger partial charge in [-0.1, -0.05) is 12.1 Å². The van der Waals surface area contributed by atoms with Crippen molar-refractivity contribution in [3.8, 4) is 0 Å². The number of hydrogen-bond donors (Lipinski definition) is 1. The summed E-state index contributed by atoms with van der Waals surface area (Å²) in [6.45, 7) is 6.54. The quantitative estimate of drug-likeness (QED) is 0.775. The zero-order chi connectivity index (χ0) is 18.7. The summed E-state index contributed by atoms with van der Waals surface area (Å²) in [6, 6.07) is 5.09. The van der Waals surface area contributed by atoms with E-state index in [-0.39, 0.29) is 5.94 Å². The fourth-order valence-electron chi connectivity index (χ4n) is 2.36. The molecule has 25 heavy (non-hydrogen) atoms. The summed E-state index contributed by atoms with van der Waals surface area (Å²) in [7, 11) is -1.79. The Hall–Kier alpha value is -0.895. The summed E-state index contributed by atoms with van der Waals surface area (Å²) < 4.78 is 63.8. The van der Waals surface area contributed by atoms with Crippen molar-refractivity contribution >= 4 is 18.1 Å². The van der Waals surface area contributed by atoms with E-state index in [0.29, 0.717) is 26.1 Å². The van der Waals surface area contributed by atoms with Crippen LogP contribution in [0.1, 0.15) is 38.3 Å². The summed E-state index contributed by atoms with van der Waals surface area (Å²) in [5.41, 5.74) is 0.113. The average Bonchev–Trinajstić information content (AvgIpc) is 3.04. The highest BCUT2D eigenvalue weighted by molar-refractivity contribution is 7.84. The van der Waals surface area contributed by atoms with Crippen LogP contribution in [0.15, 0.2) is 24.3 Å². The van der Waals surface area contributed by atoms with Crippen LogP contribution >= 0.6 is 0 Å². The lowest BCUT2D eigenvalue weighted by Crippen LogP contribution is -2.49. The third-order valence-electron chi connectivity index (χ3n) is 3.82. The normalized spacial score (nSPS) is 18.4. The molecule has 2 rings (SSSR count). The molecule has 9 heteroatoms. The minimum atomic E-state index is -4.34.